The van der Waals surface area contributed by atoms with Crippen molar-refractivity contribution in [2.75, 3.05) is 20.3 Å². The molecule has 3 atom stereocenters. The molecule has 1 aromatic carbocycles. The van der Waals surface area contributed by atoms with Crippen LogP contribution in [0.25, 0.3) is 0 Å². The number of ether oxygens (including phenoxy) is 7. The van der Waals surface area contributed by atoms with Gasteiger partial charge in [0.1, 0.15) is 17.7 Å². The van der Waals surface area contributed by atoms with Gasteiger partial charge in [-0.15, -0.1) is 0 Å². The first-order valence-electron chi connectivity index (χ1n) is 14.0. The molecule has 0 aliphatic carbocycles. The largest absolute Gasteiger partial charge is 0.513 e. The fourth-order valence-corrected chi connectivity index (χ4v) is 3.84. The van der Waals surface area contributed by atoms with Gasteiger partial charge in [0.25, 0.3) is 0 Å². The van der Waals surface area contributed by atoms with Crippen molar-refractivity contribution in [2.24, 2.45) is 5.73 Å². The van der Waals surface area contributed by atoms with E-state index >= 15 is 0 Å². The average molecular weight is 584 g/mol. The van der Waals surface area contributed by atoms with Crippen molar-refractivity contribution in [3.05, 3.63) is 23.8 Å². The zero-order chi connectivity index (χ0) is 30.8. The highest BCUT2D eigenvalue weighted by atomic mass is 16.7. The number of hydrogen-bond donors (Lipinski definition) is 1. The monoisotopic (exact) mass is 583 g/mol. The van der Waals surface area contributed by atoms with Crippen molar-refractivity contribution in [3.63, 3.8) is 0 Å². The van der Waals surface area contributed by atoms with E-state index < -0.39 is 36.1 Å². The summed E-state index contributed by atoms with van der Waals surface area (Å²) in [6.45, 7) is 9.51. The van der Waals surface area contributed by atoms with E-state index in [-0.39, 0.29) is 43.7 Å². The van der Waals surface area contributed by atoms with Crippen LogP contribution in [-0.4, -0.2) is 62.5 Å². The first kappa shape index (κ1) is 35.5. The van der Waals surface area contributed by atoms with Gasteiger partial charge in [0.2, 0.25) is 0 Å². The highest BCUT2D eigenvalue weighted by Gasteiger charge is 2.38. The van der Waals surface area contributed by atoms with E-state index in [0.29, 0.717) is 24.8 Å². The smallest absolute Gasteiger partial charge is 0.468 e. The molecule has 0 bridgehead atoms. The number of hydrogen-bond acceptors (Lipinski definition) is 12. The summed E-state index contributed by atoms with van der Waals surface area (Å²) in [4.78, 5) is 49.3. The topological polar surface area (TPSA) is 159 Å². The molecule has 0 saturated carbocycles. The first-order chi connectivity index (χ1) is 19.5. The van der Waals surface area contributed by atoms with E-state index in [9.17, 15) is 19.2 Å². The van der Waals surface area contributed by atoms with Gasteiger partial charge < -0.3 is 38.9 Å². The normalized spacial score (nSPS) is 13.6. The molecule has 41 heavy (non-hydrogen) atoms. The number of unbranched alkanes of at least 4 members (excludes halogenated alkanes) is 2. The summed E-state index contributed by atoms with van der Waals surface area (Å²) in [7, 11) is 1.19. The average Bonchev–Trinajstić information content (AvgIpc) is 2.89. The minimum atomic E-state index is -1.64. The van der Waals surface area contributed by atoms with Gasteiger partial charge in [-0.05, 0) is 50.8 Å². The minimum Gasteiger partial charge on any atom is -0.468 e. The standard InChI is InChI=1S/C29H45NO11/c1-7-10-15-36-26(32)40-23-14-13-22(17-24(23)41-27(33)37-16-11-8-2)19-29(30,25(31)35-6)18-21(5)39-28(34)38-20(4)12-9-3/h13-14,17,20-21H,7-12,15-16,18-19,30H2,1-6H3/t20-,21-,29?/m0/s1. The van der Waals surface area contributed by atoms with Crippen molar-refractivity contribution < 1.29 is 52.3 Å². The fraction of sp³-hybridized carbons (Fsp3) is 0.655. The Bertz CT molecular complexity index is 984. The van der Waals surface area contributed by atoms with Crippen LogP contribution in [0.5, 0.6) is 11.5 Å². The number of nitrogens with two attached hydrogens (primary N) is 1. The number of esters is 1. The van der Waals surface area contributed by atoms with Gasteiger partial charge in [0.15, 0.2) is 11.5 Å². The van der Waals surface area contributed by atoms with Crippen molar-refractivity contribution >= 4 is 24.4 Å². The molecule has 1 aromatic rings. The maximum atomic E-state index is 12.8. The molecule has 12 nitrogen and oxygen atoms in total. The van der Waals surface area contributed by atoms with Crippen LogP contribution in [0, 0.1) is 0 Å². The third-order valence-electron chi connectivity index (χ3n) is 5.88. The van der Waals surface area contributed by atoms with Crippen molar-refractivity contribution in [2.45, 2.75) is 104 Å². The lowest BCUT2D eigenvalue weighted by Gasteiger charge is -2.29. The van der Waals surface area contributed by atoms with Crippen molar-refractivity contribution in [3.8, 4) is 11.5 Å². The summed E-state index contributed by atoms with van der Waals surface area (Å²) < 4.78 is 36.1. The molecule has 0 aliphatic rings. The molecule has 232 valence electrons. The molecule has 0 spiro atoms. The predicted octanol–water partition coefficient (Wildman–Crippen LogP) is 5.85. The number of methoxy groups -OCH3 is 1. The molecule has 0 radical (unpaired) electrons. The molecule has 12 heteroatoms. The Kier molecular flexibility index (Phi) is 16.2. The molecule has 0 heterocycles. The Morgan fingerprint density at radius 3 is 1.90 bits per heavy atom. The quantitative estimate of drug-likeness (QED) is 0.101. The van der Waals surface area contributed by atoms with Crippen LogP contribution in [0.2, 0.25) is 0 Å². The zero-order valence-corrected chi connectivity index (χ0v) is 25.0. The van der Waals surface area contributed by atoms with Crippen LogP contribution in [0.1, 0.15) is 85.1 Å². The lowest BCUT2D eigenvalue weighted by Crippen LogP contribution is -2.53. The van der Waals surface area contributed by atoms with E-state index in [4.69, 9.17) is 38.9 Å². The highest BCUT2D eigenvalue weighted by Crippen LogP contribution is 2.32. The van der Waals surface area contributed by atoms with Crippen LogP contribution in [0.4, 0.5) is 14.4 Å². The van der Waals surface area contributed by atoms with Crippen LogP contribution < -0.4 is 15.2 Å². The van der Waals surface area contributed by atoms with Gasteiger partial charge in [-0.1, -0.05) is 46.1 Å². The van der Waals surface area contributed by atoms with E-state index in [1.807, 2.05) is 20.8 Å². The third kappa shape index (κ3) is 13.6. The number of benzene rings is 1. The highest BCUT2D eigenvalue weighted by molar-refractivity contribution is 5.81. The molecule has 0 aliphatic heterocycles. The molecule has 1 rings (SSSR count). The van der Waals surface area contributed by atoms with E-state index in [0.717, 1.165) is 19.3 Å². The molecule has 2 N–H and O–H groups in total. The maximum Gasteiger partial charge on any atom is 0.513 e. The molecular weight excluding hydrogens is 538 g/mol. The lowest BCUT2D eigenvalue weighted by molar-refractivity contribution is -0.148. The molecular formula is C29H45NO11. The van der Waals surface area contributed by atoms with Crippen molar-refractivity contribution in [1.29, 1.82) is 0 Å². The molecule has 0 fully saturated rings. The van der Waals surface area contributed by atoms with E-state index in [1.54, 1.807) is 19.9 Å². The molecule has 0 saturated heterocycles. The molecule has 0 aromatic heterocycles. The lowest BCUT2D eigenvalue weighted by atomic mass is 9.86. The van der Waals surface area contributed by atoms with Gasteiger partial charge >= 0.3 is 24.4 Å². The van der Waals surface area contributed by atoms with Gasteiger partial charge in [0, 0.05) is 12.8 Å². The summed E-state index contributed by atoms with van der Waals surface area (Å²) in [6, 6.07) is 4.32. The van der Waals surface area contributed by atoms with Crippen LogP contribution in [0.15, 0.2) is 18.2 Å². The summed E-state index contributed by atoms with van der Waals surface area (Å²) >= 11 is 0. The van der Waals surface area contributed by atoms with Gasteiger partial charge in [-0.25, -0.2) is 14.4 Å². The maximum absolute atomic E-state index is 12.8. The number of rotatable bonds is 17. The summed E-state index contributed by atoms with van der Waals surface area (Å²) in [5, 5.41) is 0. The van der Waals surface area contributed by atoms with E-state index in [1.165, 1.54) is 19.2 Å². The zero-order valence-electron chi connectivity index (χ0n) is 25.0. The third-order valence-corrected chi connectivity index (χ3v) is 5.88. The Morgan fingerprint density at radius 1 is 0.805 bits per heavy atom. The number of carbonyl (C=O) groups is 4. The van der Waals surface area contributed by atoms with Crippen LogP contribution in [0.3, 0.4) is 0 Å². The Labute approximate surface area is 242 Å². The van der Waals surface area contributed by atoms with Crippen LogP contribution in [-0.2, 0) is 34.9 Å². The summed E-state index contributed by atoms with van der Waals surface area (Å²) in [5.74, 6) is -0.979. The summed E-state index contributed by atoms with van der Waals surface area (Å²) in [6.07, 6.45) is 0.296. The first-order valence-corrected chi connectivity index (χ1v) is 14.0. The van der Waals surface area contributed by atoms with Gasteiger partial charge in [0.05, 0.1) is 20.3 Å². The molecule has 1 unspecified atom stereocenters. The summed E-state index contributed by atoms with van der Waals surface area (Å²) in [5.41, 5.74) is 5.29. The Hall–Kier alpha value is -3.54. The second kappa shape index (κ2) is 18.7. The Morgan fingerprint density at radius 2 is 1.37 bits per heavy atom. The minimum absolute atomic E-state index is 0.0935. The second-order valence-corrected chi connectivity index (χ2v) is 9.81. The Balaban J connectivity index is 3.15. The van der Waals surface area contributed by atoms with Crippen LogP contribution >= 0.6 is 0 Å². The van der Waals surface area contributed by atoms with Gasteiger partial charge in [-0.3, -0.25) is 4.79 Å². The molecule has 0 amide bonds. The second-order valence-electron chi connectivity index (χ2n) is 9.81. The predicted molar refractivity (Wildman–Crippen MR) is 149 cm³/mol. The van der Waals surface area contributed by atoms with Crippen molar-refractivity contribution in [1.82, 2.24) is 0 Å². The van der Waals surface area contributed by atoms with Gasteiger partial charge in [-0.2, -0.15) is 0 Å². The fourth-order valence-electron chi connectivity index (χ4n) is 3.84. The number of carbonyl (C=O) groups excluding carboxylic acids is 4. The van der Waals surface area contributed by atoms with E-state index in [2.05, 4.69) is 0 Å². The SMILES string of the molecule is CCCCOC(=O)Oc1ccc(CC(N)(C[C@H](C)OC(=O)O[C@@H](C)CCC)C(=O)OC)cc1OC(=O)OCCCC.